The zero-order valence-electron chi connectivity index (χ0n) is 16.6. The van der Waals surface area contributed by atoms with Crippen LogP contribution in [0.2, 0.25) is 0 Å². The van der Waals surface area contributed by atoms with Gasteiger partial charge in [0.25, 0.3) is 5.91 Å². The first kappa shape index (κ1) is 22.8. The minimum atomic E-state index is -3.65. The van der Waals surface area contributed by atoms with E-state index in [2.05, 4.69) is 10.0 Å². The van der Waals surface area contributed by atoms with Gasteiger partial charge in [0.05, 0.1) is 24.2 Å². The second-order valence-corrected chi connectivity index (χ2v) is 8.67. The van der Waals surface area contributed by atoms with Gasteiger partial charge in [-0.3, -0.25) is 4.79 Å². The van der Waals surface area contributed by atoms with Crippen molar-refractivity contribution in [2.75, 3.05) is 32.2 Å². The van der Waals surface area contributed by atoms with Gasteiger partial charge in [-0.05, 0) is 57.4 Å². The van der Waals surface area contributed by atoms with E-state index >= 15 is 0 Å². The van der Waals surface area contributed by atoms with Crippen LogP contribution in [0.1, 0.15) is 33.1 Å². The Balaban J connectivity index is 1.85. The molecule has 1 heterocycles. The van der Waals surface area contributed by atoms with Crippen molar-refractivity contribution in [2.24, 2.45) is 0 Å². The predicted molar refractivity (Wildman–Crippen MR) is 106 cm³/mol. The van der Waals surface area contributed by atoms with Gasteiger partial charge in [0, 0.05) is 25.4 Å². The Kier molecular flexibility index (Phi) is 8.84. The summed E-state index contributed by atoms with van der Waals surface area (Å²) in [6.45, 7) is 4.80. The average Bonchev–Trinajstić information content (AvgIpc) is 2.67. The van der Waals surface area contributed by atoms with Crippen LogP contribution in [0.3, 0.4) is 0 Å². The van der Waals surface area contributed by atoms with Gasteiger partial charge in [0.2, 0.25) is 10.0 Å². The molecule has 0 radical (unpaired) electrons. The van der Waals surface area contributed by atoms with E-state index < -0.39 is 16.1 Å². The summed E-state index contributed by atoms with van der Waals surface area (Å²) in [6.07, 6.45) is 2.54. The maximum Gasteiger partial charge on any atom is 0.253 e. The molecular formula is C19H30N2O6S. The molecule has 1 aromatic rings. The fourth-order valence-corrected chi connectivity index (χ4v) is 4.07. The van der Waals surface area contributed by atoms with E-state index in [1.807, 2.05) is 0 Å². The highest BCUT2D eigenvalue weighted by molar-refractivity contribution is 7.89. The highest BCUT2D eigenvalue weighted by Gasteiger charge is 2.20. The van der Waals surface area contributed by atoms with Crippen molar-refractivity contribution >= 4 is 21.6 Å². The van der Waals surface area contributed by atoms with Crippen LogP contribution >= 0.6 is 0 Å². The van der Waals surface area contributed by atoms with Crippen molar-refractivity contribution in [1.82, 2.24) is 4.72 Å². The molecule has 28 heavy (non-hydrogen) atoms. The molecule has 0 aromatic heterocycles. The van der Waals surface area contributed by atoms with E-state index in [4.69, 9.17) is 14.2 Å². The molecule has 8 nitrogen and oxygen atoms in total. The summed E-state index contributed by atoms with van der Waals surface area (Å²) >= 11 is 0. The van der Waals surface area contributed by atoms with Gasteiger partial charge >= 0.3 is 0 Å². The van der Waals surface area contributed by atoms with Gasteiger partial charge in [0.1, 0.15) is 6.10 Å². The van der Waals surface area contributed by atoms with Crippen LogP contribution in [-0.4, -0.2) is 59.5 Å². The van der Waals surface area contributed by atoms with Crippen LogP contribution in [0.4, 0.5) is 5.69 Å². The summed E-state index contributed by atoms with van der Waals surface area (Å²) in [4.78, 5) is 12.4. The number of hydrogen-bond donors (Lipinski definition) is 2. The zero-order valence-corrected chi connectivity index (χ0v) is 17.5. The van der Waals surface area contributed by atoms with Crippen LogP contribution in [-0.2, 0) is 29.0 Å². The van der Waals surface area contributed by atoms with E-state index in [1.54, 1.807) is 26.0 Å². The molecule has 158 valence electrons. The number of sulfonamides is 1. The Hall–Kier alpha value is -1.52. The van der Waals surface area contributed by atoms with Crippen molar-refractivity contribution in [1.29, 1.82) is 0 Å². The van der Waals surface area contributed by atoms with Crippen molar-refractivity contribution < 1.29 is 27.4 Å². The Morgan fingerprint density at radius 1 is 1.25 bits per heavy atom. The molecule has 1 aliphatic heterocycles. The molecule has 0 aliphatic carbocycles. The standard InChI is InChI=1S/C19H30N2O6S/c1-14(12-25-3)21-28(23,24)18-9-7-16(8-10-18)20-19(22)15(2)27-13-17-6-4-5-11-26-17/h7-10,14-15,17,21H,4-6,11-13H2,1-3H3,(H,20,22). The number of rotatable bonds is 10. The predicted octanol–water partition coefficient (Wildman–Crippen LogP) is 1.91. The molecule has 1 aromatic carbocycles. The minimum absolute atomic E-state index is 0.0430. The minimum Gasteiger partial charge on any atom is -0.383 e. The smallest absolute Gasteiger partial charge is 0.253 e. The average molecular weight is 415 g/mol. The first-order chi connectivity index (χ1) is 13.3. The molecule has 3 unspecified atom stereocenters. The lowest BCUT2D eigenvalue weighted by Crippen LogP contribution is -2.35. The van der Waals surface area contributed by atoms with Crippen molar-refractivity contribution in [2.45, 2.75) is 56.3 Å². The van der Waals surface area contributed by atoms with Gasteiger partial charge in [-0.2, -0.15) is 0 Å². The maximum absolute atomic E-state index is 12.3. The highest BCUT2D eigenvalue weighted by atomic mass is 32.2. The normalized spacial score (nSPS) is 19.8. The maximum atomic E-state index is 12.3. The summed E-state index contributed by atoms with van der Waals surface area (Å²) < 4.78 is 43.3. The summed E-state index contributed by atoms with van der Waals surface area (Å²) in [5, 5.41) is 2.73. The Morgan fingerprint density at radius 2 is 1.96 bits per heavy atom. The van der Waals surface area contributed by atoms with E-state index in [0.29, 0.717) is 12.3 Å². The molecule has 2 rings (SSSR count). The van der Waals surface area contributed by atoms with Crippen LogP contribution < -0.4 is 10.0 Å². The zero-order chi connectivity index (χ0) is 20.6. The second kappa shape index (κ2) is 10.9. The van der Waals surface area contributed by atoms with Crippen LogP contribution in [0.15, 0.2) is 29.2 Å². The fourth-order valence-electron chi connectivity index (χ4n) is 2.84. The van der Waals surface area contributed by atoms with Gasteiger partial charge < -0.3 is 19.5 Å². The SMILES string of the molecule is COCC(C)NS(=O)(=O)c1ccc(NC(=O)C(C)OCC2CCCCO2)cc1. The Morgan fingerprint density at radius 3 is 2.57 bits per heavy atom. The Labute approximate surface area is 167 Å². The van der Waals surface area contributed by atoms with E-state index in [1.165, 1.54) is 19.2 Å². The van der Waals surface area contributed by atoms with Crippen LogP contribution in [0.25, 0.3) is 0 Å². The molecular weight excluding hydrogens is 384 g/mol. The van der Waals surface area contributed by atoms with E-state index in [-0.39, 0.29) is 29.6 Å². The number of hydrogen-bond acceptors (Lipinski definition) is 6. The van der Waals surface area contributed by atoms with Crippen LogP contribution in [0, 0.1) is 0 Å². The summed E-state index contributed by atoms with van der Waals surface area (Å²) in [5.74, 6) is -0.293. The van der Waals surface area contributed by atoms with Gasteiger partial charge in [-0.15, -0.1) is 0 Å². The largest absolute Gasteiger partial charge is 0.383 e. The van der Waals surface area contributed by atoms with Crippen molar-refractivity contribution in [3.05, 3.63) is 24.3 Å². The second-order valence-electron chi connectivity index (χ2n) is 6.96. The highest BCUT2D eigenvalue weighted by Crippen LogP contribution is 2.16. The van der Waals surface area contributed by atoms with Gasteiger partial charge in [-0.25, -0.2) is 13.1 Å². The number of anilines is 1. The molecule has 0 saturated carbocycles. The molecule has 3 atom stereocenters. The molecule has 1 saturated heterocycles. The number of ether oxygens (including phenoxy) is 3. The molecule has 0 bridgehead atoms. The quantitative estimate of drug-likeness (QED) is 0.606. The lowest BCUT2D eigenvalue weighted by Gasteiger charge is -2.23. The summed E-state index contributed by atoms with van der Waals surface area (Å²) in [7, 11) is -2.14. The molecule has 1 aliphatic rings. The van der Waals surface area contributed by atoms with Crippen molar-refractivity contribution in [3.8, 4) is 0 Å². The monoisotopic (exact) mass is 414 g/mol. The molecule has 9 heteroatoms. The third kappa shape index (κ3) is 7.14. The third-order valence-electron chi connectivity index (χ3n) is 4.38. The van der Waals surface area contributed by atoms with Gasteiger partial charge in [0.15, 0.2) is 0 Å². The lowest BCUT2D eigenvalue weighted by atomic mass is 10.1. The number of methoxy groups -OCH3 is 1. The molecule has 1 amide bonds. The lowest BCUT2D eigenvalue weighted by molar-refractivity contribution is -0.130. The third-order valence-corrected chi connectivity index (χ3v) is 5.99. The first-order valence-electron chi connectivity index (χ1n) is 9.47. The molecule has 0 spiro atoms. The summed E-state index contributed by atoms with van der Waals surface area (Å²) in [6, 6.07) is 5.63. The fraction of sp³-hybridized carbons (Fsp3) is 0.632. The van der Waals surface area contributed by atoms with Crippen molar-refractivity contribution in [3.63, 3.8) is 0 Å². The molecule has 2 N–H and O–H groups in total. The number of amides is 1. The van der Waals surface area contributed by atoms with Crippen LogP contribution in [0.5, 0.6) is 0 Å². The first-order valence-corrected chi connectivity index (χ1v) is 11.0. The number of carbonyl (C=O) groups is 1. The number of benzene rings is 1. The number of carbonyl (C=O) groups excluding carboxylic acids is 1. The summed E-state index contributed by atoms with van der Waals surface area (Å²) in [5.41, 5.74) is 0.498. The molecule has 1 fully saturated rings. The topological polar surface area (TPSA) is 103 Å². The van der Waals surface area contributed by atoms with E-state index in [0.717, 1.165) is 25.9 Å². The van der Waals surface area contributed by atoms with E-state index in [9.17, 15) is 13.2 Å². The van der Waals surface area contributed by atoms with Gasteiger partial charge in [-0.1, -0.05) is 0 Å². The number of nitrogens with one attached hydrogen (secondary N) is 2. The Bertz CT molecular complexity index is 716.